The molecule has 0 fully saturated rings. The molecule has 0 unspecified atom stereocenters. The highest BCUT2D eigenvalue weighted by Crippen LogP contribution is 2.39. The van der Waals surface area contributed by atoms with Gasteiger partial charge >= 0.3 is 0 Å². The van der Waals surface area contributed by atoms with E-state index >= 15 is 4.39 Å². The number of benzene rings is 2. The first-order chi connectivity index (χ1) is 16.7. The Morgan fingerprint density at radius 1 is 1.31 bits per heavy atom. The van der Waals surface area contributed by atoms with Gasteiger partial charge in [-0.25, -0.2) is 14.4 Å². The Bertz CT molecular complexity index is 1270. The topological polar surface area (TPSA) is 96.8 Å². The monoisotopic (exact) mass is 490 g/mol. The number of fused-ring (bicyclic) bond motifs is 2. The van der Waals surface area contributed by atoms with Crippen LogP contribution in [0.1, 0.15) is 29.9 Å². The molecule has 186 valence electrons. The standard InChI is InChI=1S/C24H25F3N4O4/c1-13(15-5-4-6-17(22(15)25)24(26,27)12-32)28-23-16-9-19-20(10-18(16)29-14(2)30-23)35-11-21(33)31(19)7-8-34-3/h4-6,9-10,13,32H,7-8,11-12H2,1-3H3,(H,28,29,30)/t13-/m1/s1. The molecule has 2 aromatic carbocycles. The Hall–Kier alpha value is -3.44. The van der Waals surface area contributed by atoms with Gasteiger partial charge in [-0.15, -0.1) is 0 Å². The summed E-state index contributed by atoms with van der Waals surface area (Å²) < 4.78 is 53.7. The van der Waals surface area contributed by atoms with Crippen molar-refractivity contribution in [1.29, 1.82) is 0 Å². The minimum atomic E-state index is -3.71. The van der Waals surface area contributed by atoms with Crippen LogP contribution >= 0.6 is 0 Å². The molecule has 1 amide bonds. The summed E-state index contributed by atoms with van der Waals surface area (Å²) in [6.07, 6.45) is 0. The summed E-state index contributed by atoms with van der Waals surface area (Å²) in [7, 11) is 1.54. The maximum atomic E-state index is 15.0. The smallest absolute Gasteiger partial charge is 0.298 e. The quantitative estimate of drug-likeness (QED) is 0.497. The van der Waals surface area contributed by atoms with Gasteiger partial charge in [0, 0.05) is 30.7 Å². The number of nitrogens with zero attached hydrogens (tertiary/aromatic N) is 3. The van der Waals surface area contributed by atoms with E-state index in [0.717, 1.165) is 6.07 Å². The van der Waals surface area contributed by atoms with E-state index in [1.807, 2.05) is 0 Å². The van der Waals surface area contributed by atoms with Crippen LogP contribution in [0, 0.1) is 12.7 Å². The van der Waals surface area contributed by atoms with Crippen molar-refractivity contribution in [2.24, 2.45) is 0 Å². The van der Waals surface area contributed by atoms with Crippen LogP contribution < -0.4 is 15.0 Å². The second-order valence-corrected chi connectivity index (χ2v) is 8.22. The Balaban J connectivity index is 1.76. The number of hydrogen-bond acceptors (Lipinski definition) is 7. The summed E-state index contributed by atoms with van der Waals surface area (Å²) in [6, 6.07) is 6.29. The Morgan fingerprint density at radius 2 is 2.09 bits per heavy atom. The first-order valence-electron chi connectivity index (χ1n) is 10.9. The van der Waals surface area contributed by atoms with Crippen molar-refractivity contribution in [3.63, 3.8) is 0 Å². The Kier molecular flexibility index (Phi) is 6.82. The molecule has 1 aromatic heterocycles. The van der Waals surface area contributed by atoms with Crippen molar-refractivity contribution < 1.29 is 32.5 Å². The van der Waals surface area contributed by atoms with Crippen molar-refractivity contribution >= 4 is 28.3 Å². The number of hydrogen-bond donors (Lipinski definition) is 2. The van der Waals surface area contributed by atoms with Crippen LogP contribution in [-0.2, 0) is 15.5 Å². The van der Waals surface area contributed by atoms with Gasteiger partial charge in [0.2, 0.25) is 0 Å². The third-order valence-corrected chi connectivity index (χ3v) is 5.79. The van der Waals surface area contributed by atoms with Gasteiger partial charge in [-0.2, -0.15) is 8.78 Å². The van der Waals surface area contributed by atoms with Gasteiger partial charge in [-0.1, -0.05) is 12.1 Å². The predicted molar refractivity (Wildman–Crippen MR) is 123 cm³/mol. The van der Waals surface area contributed by atoms with E-state index in [9.17, 15) is 13.6 Å². The zero-order chi connectivity index (χ0) is 25.3. The van der Waals surface area contributed by atoms with Crippen molar-refractivity contribution in [1.82, 2.24) is 9.97 Å². The highest BCUT2D eigenvalue weighted by atomic mass is 19.3. The number of aliphatic hydroxyl groups excluding tert-OH is 1. The van der Waals surface area contributed by atoms with Gasteiger partial charge in [0.25, 0.3) is 11.8 Å². The molecular formula is C24H25F3N4O4. The summed E-state index contributed by atoms with van der Waals surface area (Å²) in [6.45, 7) is 2.33. The van der Waals surface area contributed by atoms with Gasteiger partial charge in [0.05, 0.1) is 29.4 Å². The maximum Gasteiger partial charge on any atom is 0.298 e. The van der Waals surface area contributed by atoms with E-state index < -0.39 is 30.0 Å². The van der Waals surface area contributed by atoms with Crippen LogP contribution in [0.15, 0.2) is 30.3 Å². The molecule has 0 saturated carbocycles. The summed E-state index contributed by atoms with van der Waals surface area (Å²) in [5, 5.41) is 12.6. The molecule has 1 aliphatic heterocycles. The molecule has 4 rings (SSSR count). The zero-order valence-corrected chi connectivity index (χ0v) is 19.4. The molecule has 0 bridgehead atoms. The molecule has 11 heteroatoms. The number of halogens is 3. The lowest BCUT2D eigenvalue weighted by molar-refractivity contribution is -0.121. The maximum absolute atomic E-state index is 15.0. The fraction of sp³-hybridized carbons (Fsp3) is 0.375. The van der Waals surface area contributed by atoms with E-state index in [-0.39, 0.29) is 18.1 Å². The molecule has 0 saturated heterocycles. The second-order valence-electron chi connectivity index (χ2n) is 8.22. The number of nitrogens with one attached hydrogen (secondary N) is 1. The minimum Gasteiger partial charge on any atom is -0.481 e. The number of amides is 1. The summed E-state index contributed by atoms with van der Waals surface area (Å²) in [5.41, 5.74) is 0.157. The number of carbonyl (C=O) groups excluding carboxylic acids is 1. The molecule has 3 aromatic rings. The van der Waals surface area contributed by atoms with E-state index in [2.05, 4.69) is 15.3 Å². The van der Waals surface area contributed by atoms with Crippen molar-refractivity contribution in [2.45, 2.75) is 25.8 Å². The number of methoxy groups -OCH3 is 1. The van der Waals surface area contributed by atoms with Crippen LogP contribution in [0.5, 0.6) is 5.75 Å². The minimum absolute atomic E-state index is 0.0155. The molecule has 0 spiro atoms. The fourth-order valence-corrected chi connectivity index (χ4v) is 4.01. The molecule has 1 atom stereocenters. The van der Waals surface area contributed by atoms with Gasteiger partial charge in [-0.3, -0.25) is 4.79 Å². The Morgan fingerprint density at radius 3 is 2.80 bits per heavy atom. The number of rotatable bonds is 8. The largest absolute Gasteiger partial charge is 0.481 e. The molecule has 35 heavy (non-hydrogen) atoms. The van der Waals surface area contributed by atoms with Crippen LogP contribution in [0.2, 0.25) is 0 Å². The first kappa shape index (κ1) is 24.7. The third-order valence-electron chi connectivity index (χ3n) is 5.79. The SMILES string of the molecule is COCCN1C(=O)COc2cc3nc(C)nc(N[C@H](C)c4cccc(C(F)(F)CO)c4F)c3cc21. The van der Waals surface area contributed by atoms with Crippen LogP contribution in [0.3, 0.4) is 0 Å². The van der Waals surface area contributed by atoms with Crippen LogP contribution in [0.4, 0.5) is 24.7 Å². The number of aromatic nitrogens is 2. The number of aryl methyl sites for hydroxylation is 1. The van der Waals surface area contributed by atoms with Crippen LogP contribution in [0.25, 0.3) is 10.9 Å². The summed E-state index contributed by atoms with van der Waals surface area (Å²) >= 11 is 0. The van der Waals surface area contributed by atoms with Crippen molar-refractivity contribution in [2.75, 3.05) is 43.7 Å². The van der Waals surface area contributed by atoms with E-state index in [4.69, 9.17) is 14.6 Å². The lowest BCUT2D eigenvalue weighted by Crippen LogP contribution is -2.40. The highest BCUT2D eigenvalue weighted by molar-refractivity contribution is 6.02. The summed E-state index contributed by atoms with van der Waals surface area (Å²) in [5.74, 6) is -3.80. The molecule has 2 heterocycles. The molecule has 8 nitrogen and oxygen atoms in total. The third kappa shape index (κ3) is 4.73. The van der Waals surface area contributed by atoms with Crippen molar-refractivity contribution in [3.05, 3.63) is 53.1 Å². The lowest BCUT2D eigenvalue weighted by Gasteiger charge is -2.29. The number of alkyl halides is 2. The van der Waals surface area contributed by atoms with Gasteiger partial charge in [0.15, 0.2) is 6.61 Å². The number of anilines is 2. The molecule has 2 N–H and O–H groups in total. The van der Waals surface area contributed by atoms with E-state index in [1.165, 1.54) is 19.2 Å². The van der Waals surface area contributed by atoms with Gasteiger partial charge in [-0.05, 0) is 26.0 Å². The molecular weight excluding hydrogens is 465 g/mol. The van der Waals surface area contributed by atoms with E-state index in [1.54, 1.807) is 30.9 Å². The zero-order valence-electron chi connectivity index (χ0n) is 19.4. The van der Waals surface area contributed by atoms with Crippen molar-refractivity contribution in [3.8, 4) is 5.75 Å². The number of aliphatic hydroxyl groups is 1. The first-order valence-corrected chi connectivity index (χ1v) is 10.9. The normalized spacial score (nSPS) is 14.6. The van der Waals surface area contributed by atoms with Crippen LogP contribution in [-0.4, -0.2) is 54.5 Å². The average Bonchev–Trinajstić information content (AvgIpc) is 2.82. The Labute approximate surface area is 199 Å². The lowest BCUT2D eigenvalue weighted by atomic mass is 10.00. The van der Waals surface area contributed by atoms with E-state index in [0.29, 0.717) is 47.1 Å². The van der Waals surface area contributed by atoms with Gasteiger partial charge < -0.3 is 24.8 Å². The average molecular weight is 490 g/mol. The number of carbonyl (C=O) groups is 1. The van der Waals surface area contributed by atoms with Gasteiger partial charge in [0.1, 0.15) is 29.8 Å². The highest BCUT2D eigenvalue weighted by Gasteiger charge is 2.35. The molecule has 0 aliphatic carbocycles. The second kappa shape index (κ2) is 9.67. The molecule has 1 aliphatic rings. The fourth-order valence-electron chi connectivity index (χ4n) is 4.01. The summed E-state index contributed by atoms with van der Waals surface area (Å²) in [4.78, 5) is 22.9. The predicted octanol–water partition coefficient (Wildman–Crippen LogP) is 3.71. The molecule has 0 radical (unpaired) electrons. The number of ether oxygens (including phenoxy) is 2.